The van der Waals surface area contributed by atoms with Crippen LogP contribution in [-0.2, 0) is 13.1 Å². The third kappa shape index (κ3) is 3.81. The van der Waals surface area contributed by atoms with Crippen molar-refractivity contribution in [2.24, 2.45) is 4.99 Å². The zero-order valence-electron chi connectivity index (χ0n) is 11.6. The van der Waals surface area contributed by atoms with Gasteiger partial charge in [0, 0.05) is 19.1 Å². The molecule has 0 bridgehead atoms. The lowest BCUT2D eigenvalue weighted by Gasteiger charge is -2.16. The molecule has 0 spiro atoms. The number of rotatable bonds is 5. The third-order valence-corrected chi connectivity index (χ3v) is 3.11. The lowest BCUT2D eigenvalue weighted by molar-refractivity contribution is 0.629. The molecule has 6 heteroatoms. The van der Waals surface area contributed by atoms with Crippen molar-refractivity contribution in [1.29, 1.82) is 0 Å². The van der Waals surface area contributed by atoms with Gasteiger partial charge < -0.3 is 15.2 Å². The Labute approximate surface area is 114 Å². The molecule has 0 fully saturated rings. The van der Waals surface area contributed by atoms with Gasteiger partial charge in [-0.25, -0.2) is 4.99 Å². The van der Waals surface area contributed by atoms with Gasteiger partial charge in [0.2, 0.25) is 0 Å². The molecule has 6 nitrogen and oxygen atoms in total. The van der Waals surface area contributed by atoms with Gasteiger partial charge in [-0.3, -0.25) is 0 Å². The number of aromatic nitrogens is 3. The monoisotopic (exact) mass is 262 g/mol. The first-order chi connectivity index (χ1) is 9.33. The Morgan fingerprint density at radius 3 is 2.89 bits per heavy atom. The van der Waals surface area contributed by atoms with E-state index in [-0.39, 0.29) is 0 Å². The normalized spacial score (nSPS) is 16.0. The summed E-state index contributed by atoms with van der Waals surface area (Å²) in [7, 11) is 0. The van der Waals surface area contributed by atoms with E-state index in [1.165, 1.54) is 0 Å². The summed E-state index contributed by atoms with van der Waals surface area (Å²) in [6, 6.07) is 0.460. The van der Waals surface area contributed by atoms with Crippen LogP contribution in [0.1, 0.15) is 32.5 Å². The Hall–Kier alpha value is -1.85. The van der Waals surface area contributed by atoms with Gasteiger partial charge in [-0.1, -0.05) is 12.2 Å². The molecule has 1 aromatic rings. The van der Waals surface area contributed by atoms with Crippen LogP contribution in [0.3, 0.4) is 0 Å². The van der Waals surface area contributed by atoms with E-state index < -0.39 is 0 Å². The highest BCUT2D eigenvalue weighted by Gasteiger charge is 2.11. The smallest absolute Gasteiger partial charge is 0.191 e. The van der Waals surface area contributed by atoms with Crippen LogP contribution in [0.5, 0.6) is 0 Å². The summed E-state index contributed by atoms with van der Waals surface area (Å²) >= 11 is 0. The SMILES string of the molecule is CCNC(=NCc1nncn1CC)NC1CC=CC1. The minimum Gasteiger partial charge on any atom is -0.357 e. The first-order valence-corrected chi connectivity index (χ1v) is 6.90. The van der Waals surface area contributed by atoms with E-state index in [0.717, 1.165) is 37.7 Å². The lowest BCUT2D eigenvalue weighted by atomic mass is 10.2. The number of nitrogens with zero attached hydrogens (tertiary/aromatic N) is 4. The predicted molar refractivity (Wildman–Crippen MR) is 75.8 cm³/mol. The van der Waals surface area contributed by atoms with Gasteiger partial charge in [0.1, 0.15) is 12.9 Å². The number of aryl methyl sites for hydroxylation is 1. The molecule has 0 atom stereocenters. The van der Waals surface area contributed by atoms with Gasteiger partial charge in [-0.15, -0.1) is 10.2 Å². The van der Waals surface area contributed by atoms with Crippen molar-refractivity contribution in [2.45, 2.75) is 45.8 Å². The highest BCUT2D eigenvalue weighted by molar-refractivity contribution is 5.80. The highest BCUT2D eigenvalue weighted by Crippen LogP contribution is 2.08. The Morgan fingerprint density at radius 2 is 2.21 bits per heavy atom. The van der Waals surface area contributed by atoms with E-state index >= 15 is 0 Å². The van der Waals surface area contributed by atoms with Crippen LogP contribution in [0.4, 0.5) is 0 Å². The third-order valence-electron chi connectivity index (χ3n) is 3.11. The molecule has 0 aliphatic heterocycles. The van der Waals surface area contributed by atoms with Gasteiger partial charge in [0.25, 0.3) is 0 Å². The van der Waals surface area contributed by atoms with Crippen LogP contribution >= 0.6 is 0 Å². The molecule has 0 saturated heterocycles. The zero-order chi connectivity index (χ0) is 13.5. The van der Waals surface area contributed by atoms with E-state index in [4.69, 9.17) is 0 Å². The summed E-state index contributed by atoms with van der Waals surface area (Å²) in [5.41, 5.74) is 0. The molecular weight excluding hydrogens is 240 g/mol. The molecule has 0 unspecified atom stereocenters. The highest BCUT2D eigenvalue weighted by atomic mass is 15.3. The Kier molecular flexibility index (Phi) is 4.94. The van der Waals surface area contributed by atoms with Crippen LogP contribution in [0, 0.1) is 0 Å². The van der Waals surface area contributed by atoms with E-state index in [1.54, 1.807) is 6.33 Å². The summed E-state index contributed by atoms with van der Waals surface area (Å²) in [5, 5.41) is 14.7. The number of nitrogens with one attached hydrogen (secondary N) is 2. The van der Waals surface area contributed by atoms with E-state index in [0.29, 0.717) is 12.6 Å². The zero-order valence-corrected chi connectivity index (χ0v) is 11.6. The molecule has 19 heavy (non-hydrogen) atoms. The van der Waals surface area contributed by atoms with Crippen LogP contribution in [0.25, 0.3) is 0 Å². The molecule has 0 aromatic carbocycles. The van der Waals surface area contributed by atoms with Crippen molar-refractivity contribution in [3.63, 3.8) is 0 Å². The quantitative estimate of drug-likeness (QED) is 0.473. The second-order valence-corrected chi connectivity index (χ2v) is 4.51. The second-order valence-electron chi connectivity index (χ2n) is 4.51. The first-order valence-electron chi connectivity index (χ1n) is 6.90. The van der Waals surface area contributed by atoms with E-state index in [2.05, 4.69) is 51.8 Å². The van der Waals surface area contributed by atoms with Crippen LogP contribution in [0.2, 0.25) is 0 Å². The van der Waals surface area contributed by atoms with Crippen LogP contribution in [0.15, 0.2) is 23.5 Å². The maximum absolute atomic E-state index is 4.57. The fourth-order valence-corrected chi connectivity index (χ4v) is 2.06. The number of guanidine groups is 1. The average Bonchev–Trinajstić information content (AvgIpc) is 3.07. The molecule has 1 aliphatic rings. The fraction of sp³-hybridized carbons (Fsp3) is 0.615. The van der Waals surface area contributed by atoms with Gasteiger partial charge in [-0.2, -0.15) is 0 Å². The molecule has 0 amide bonds. The van der Waals surface area contributed by atoms with Crippen LogP contribution < -0.4 is 10.6 Å². The van der Waals surface area contributed by atoms with Crippen molar-refractivity contribution in [3.8, 4) is 0 Å². The maximum atomic E-state index is 4.57. The molecule has 0 radical (unpaired) electrons. The minimum absolute atomic E-state index is 0.460. The van der Waals surface area contributed by atoms with Gasteiger partial charge in [0.05, 0.1) is 0 Å². The largest absolute Gasteiger partial charge is 0.357 e. The number of hydrogen-bond donors (Lipinski definition) is 2. The summed E-state index contributed by atoms with van der Waals surface area (Å²) < 4.78 is 2.00. The van der Waals surface area contributed by atoms with Crippen LogP contribution in [-0.4, -0.2) is 33.3 Å². The molecule has 1 heterocycles. The molecule has 0 saturated carbocycles. The standard InChI is InChI=1S/C13H22N6/c1-3-14-13(17-11-7-5-6-8-11)15-9-12-18-16-10-19(12)4-2/h5-6,10-11H,3-4,7-9H2,1-2H3,(H2,14,15,17). The van der Waals surface area contributed by atoms with Crippen molar-refractivity contribution >= 4 is 5.96 Å². The minimum atomic E-state index is 0.460. The summed E-state index contributed by atoms with van der Waals surface area (Å²) in [5.74, 6) is 1.74. The van der Waals surface area contributed by atoms with Crippen molar-refractivity contribution in [3.05, 3.63) is 24.3 Å². The molecule has 2 rings (SSSR count). The Balaban J connectivity index is 1.95. The number of hydrogen-bond acceptors (Lipinski definition) is 3. The van der Waals surface area contributed by atoms with E-state index in [1.807, 2.05) is 4.57 Å². The fourth-order valence-electron chi connectivity index (χ4n) is 2.06. The van der Waals surface area contributed by atoms with Crippen molar-refractivity contribution < 1.29 is 0 Å². The molecule has 1 aliphatic carbocycles. The van der Waals surface area contributed by atoms with Gasteiger partial charge >= 0.3 is 0 Å². The second kappa shape index (κ2) is 6.92. The first kappa shape index (κ1) is 13.6. The number of aliphatic imine (C=N–C) groups is 1. The summed E-state index contributed by atoms with van der Waals surface area (Å²) in [4.78, 5) is 4.57. The summed E-state index contributed by atoms with van der Waals surface area (Å²) in [6.07, 6.45) is 8.28. The maximum Gasteiger partial charge on any atom is 0.191 e. The predicted octanol–water partition coefficient (Wildman–Crippen LogP) is 1.07. The average molecular weight is 262 g/mol. The molecular formula is C13H22N6. The molecule has 104 valence electrons. The molecule has 1 aromatic heterocycles. The topological polar surface area (TPSA) is 67.1 Å². The Morgan fingerprint density at radius 1 is 1.42 bits per heavy atom. The van der Waals surface area contributed by atoms with Gasteiger partial charge in [0.15, 0.2) is 11.8 Å². The molecule has 2 N–H and O–H groups in total. The van der Waals surface area contributed by atoms with Crippen molar-refractivity contribution in [1.82, 2.24) is 25.4 Å². The lowest BCUT2D eigenvalue weighted by Crippen LogP contribution is -2.42. The van der Waals surface area contributed by atoms with Crippen molar-refractivity contribution in [2.75, 3.05) is 6.54 Å². The Bertz CT molecular complexity index is 440. The van der Waals surface area contributed by atoms with E-state index in [9.17, 15) is 0 Å². The summed E-state index contributed by atoms with van der Waals surface area (Å²) in [6.45, 7) is 6.41. The van der Waals surface area contributed by atoms with Gasteiger partial charge in [-0.05, 0) is 26.7 Å².